The number of carbonyl (C=O) groups is 3. The zero-order valence-corrected chi connectivity index (χ0v) is 24.7. The molecular formula is C31H35IN2O5. The number of hydrogen-bond donors (Lipinski definition) is 0. The highest BCUT2D eigenvalue weighted by Gasteiger charge is 2.57. The third-order valence-corrected chi connectivity index (χ3v) is 10.1. The molecule has 4 saturated carbocycles. The summed E-state index contributed by atoms with van der Waals surface area (Å²) in [5, 5.41) is 0. The highest BCUT2D eigenvalue weighted by atomic mass is 127. The number of hydrogen-bond acceptors (Lipinski definition) is 5. The number of carbonyl (C=O) groups excluding carboxylic acids is 3. The molecule has 5 aliphatic rings. The van der Waals surface area contributed by atoms with E-state index in [1.54, 1.807) is 31.3 Å². The normalized spacial score (nSPS) is 29.2. The molecule has 0 aromatic heterocycles. The smallest absolute Gasteiger partial charge is 0.257 e. The molecule has 5 fully saturated rings. The molecule has 1 atom stereocenters. The number of halogens is 1. The number of benzene rings is 2. The summed E-state index contributed by atoms with van der Waals surface area (Å²) in [6.45, 7) is 0.375. The van der Waals surface area contributed by atoms with Gasteiger partial charge in [-0.25, -0.2) is 4.90 Å². The molecule has 7 nitrogen and oxygen atoms in total. The zero-order valence-electron chi connectivity index (χ0n) is 22.5. The summed E-state index contributed by atoms with van der Waals surface area (Å²) >= 11 is 2.20. The van der Waals surface area contributed by atoms with Crippen LogP contribution >= 0.6 is 22.6 Å². The second kappa shape index (κ2) is 10.4. The maximum Gasteiger partial charge on any atom is 0.257 e. The van der Waals surface area contributed by atoms with Crippen LogP contribution in [0.25, 0.3) is 0 Å². The van der Waals surface area contributed by atoms with E-state index >= 15 is 0 Å². The van der Waals surface area contributed by atoms with Crippen LogP contribution in [0.4, 0.5) is 5.69 Å². The van der Waals surface area contributed by atoms with E-state index in [1.807, 2.05) is 30.3 Å². The second-order valence-electron chi connectivity index (χ2n) is 11.9. The van der Waals surface area contributed by atoms with Crippen LogP contribution in [0.3, 0.4) is 0 Å². The molecule has 3 amide bonds. The first-order valence-electron chi connectivity index (χ1n) is 13.9. The Morgan fingerprint density at radius 2 is 1.56 bits per heavy atom. The molecule has 0 spiro atoms. The van der Waals surface area contributed by atoms with Crippen LogP contribution in [0.5, 0.6) is 11.5 Å². The van der Waals surface area contributed by atoms with Crippen molar-refractivity contribution in [1.82, 2.24) is 4.90 Å². The first-order valence-corrected chi connectivity index (χ1v) is 15.0. The molecule has 2 aromatic carbocycles. The number of nitrogens with zero attached hydrogens (tertiary/aromatic N) is 2. The van der Waals surface area contributed by atoms with Crippen LogP contribution in [-0.4, -0.2) is 49.4 Å². The van der Waals surface area contributed by atoms with E-state index in [4.69, 9.17) is 9.47 Å². The highest BCUT2D eigenvalue weighted by molar-refractivity contribution is 14.1. The second-order valence-corrected chi connectivity index (χ2v) is 13.1. The van der Waals surface area contributed by atoms with Crippen molar-refractivity contribution in [2.24, 2.45) is 23.2 Å². The summed E-state index contributed by atoms with van der Waals surface area (Å²) in [4.78, 5) is 44.7. The summed E-state index contributed by atoms with van der Waals surface area (Å²) in [6, 6.07) is 12.3. The quantitative estimate of drug-likeness (QED) is 0.292. The molecule has 1 saturated heterocycles. The average molecular weight is 643 g/mol. The van der Waals surface area contributed by atoms with Crippen LogP contribution in [0, 0.1) is 26.7 Å². The Hall–Kier alpha value is -2.62. The minimum Gasteiger partial charge on any atom is -0.493 e. The third kappa shape index (κ3) is 4.83. The molecular weight excluding hydrogens is 607 g/mol. The highest BCUT2D eigenvalue weighted by Crippen LogP contribution is 2.60. The summed E-state index contributed by atoms with van der Waals surface area (Å²) in [6.07, 6.45) is 7.04. The Labute approximate surface area is 243 Å². The number of rotatable bonds is 8. The molecule has 2 aromatic rings. The monoisotopic (exact) mass is 642 g/mol. The van der Waals surface area contributed by atoms with E-state index in [-0.39, 0.29) is 24.1 Å². The Morgan fingerprint density at radius 3 is 2.15 bits per heavy atom. The standard InChI is InChI=1S/C31H35IN2O5/c1-38-26-8-3-19(14-27(26)39-2)9-10-33(30(37)31-16-20-11-21(17-31)13-22(12-20)18-31)25-15-28(35)34(29(25)36)24-6-4-23(32)5-7-24/h3-8,14,20-22,25H,9-13,15-18H2,1-2H3. The van der Waals surface area contributed by atoms with Gasteiger partial charge in [-0.1, -0.05) is 6.07 Å². The number of methoxy groups -OCH3 is 2. The van der Waals surface area contributed by atoms with Crippen molar-refractivity contribution in [2.45, 2.75) is 57.4 Å². The molecule has 0 radical (unpaired) electrons. The van der Waals surface area contributed by atoms with Crippen molar-refractivity contribution in [2.75, 3.05) is 25.7 Å². The van der Waals surface area contributed by atoms with Crippen molar-refractivity contribution in [3.8, 4) is 11.5 Å². The van der Waals surface area contributed by atoms with Crippen molar-refractivity contribution in [3.63, 3.8) is 0 Å². The lowest BCUT2D eigenvalue weighted by Gasteiger charge is -2.57. The molecule has 206 valence electrons. The lowest BCUT2D eigenvalue weighted by atomic mass is 9.49. The van der Waals surface area contributed by atoms with Crippen molar-refractivity contribution >= 4 is 46.0 Å². The largest absolute Gasteiger partial charge is 0.493 e. The number of anilines is 1. The Bertz CT molecular complexity index is 1260. The fraction of sp³-hybridized carbons (Fsp3) is 0.516. The maximum absolute atomic E-state index is 14.6. The van der Waals surface area contributed by atoms with Crippen LogP contribution < -0.4 is 14.4 Å². The molecule has 4 aliphatic carbocycles. The summed E-state index contributed by atoms with van der Waals surface area (Å²) in [5.74, 6) is 2.63. The molecule has 1 unspecified atom stereocenters. The van der Waals surface area contributed by atoms with Gasteiger partial charge in [0, 0.05) is 10.1 Å². The topological polar surface area (TPSA) is 76.2 Å². The van der Waals surface area contributed by atoms with Gasteiger partial charge in [0.15, 0.2) is 11.5 Å². The van der Waals surface area contributed by atoms with Gasteiger partial charge in [0.05, 0.1) is 31.7 Å². The van der Waals surface area contributed by atoms with E-state index in [0.29, 0.717) is 47.9 Å². The van der Waals surface area contributed by atoms with E-state index in [0.717, 1.165) is 28.4 Å². The lowest BCUT2D eigenvalue weighted by Crippen LogP contribution is -2.58. The molecule has 39 heavy (non-hydrogen) atoms. The van der Waals surface area contributed by atoms with Crippen molar-refractivity contribution < 1.29 is 23.9 Å². The molecule has 8 heteroatoms. The van der Waals surface area contributed by atoms with Gasteiger partial charge in [-0.15, -0.1) is 0 Å². The minimum absolute atomic E-state index is 0.0227. The van der Waals surface area contributed by atoms with Crippen molar-refractivity contribution in [1.29, 1.82) is 0 Å². The third-order valence-electron chi connectivity index (χ3n) is 9.43. The number of imide groups is 1. The lowest BCUT2D eigenvalue weighted by molar-refractivity contribution is -0.161. The van der Waals surface area contributed by atoms with Gasteiger partial charge in [-0.3, -0.25) is 14.4 Å². The van der Waals surface area contributed by atoms with Gasteiger partial charge in [0.1, 0.15) is 6.04 Å². The van der Waals surface area contributed by atoms with Gasteiger partial charge in [-0.05, 0) is 127 Å². The molecule has 1 aliphatic heterocycles. The van der Waals surface area contributed by atoms with Crippen LogP contribution in [0.1, 0.15) is 50.5 Å². The van der Waals surface area contributed by atoms with E-state index in [2.05, 4.69) is 22.6 Å². The molecule has 1 heterocycles. The first-order chi connectivity index (χ1) is 18.8. The predicted molar refractivity (Wildman–Crippen MR) is 156 cm³/mol. The summed E-state index contributed by atoms with van der Waals surface area (Å²) in [5.41, 5.74) is 1.16. The fourth-order valence-corrected chi connectivity index (χ4v) is 8.44. The zero-order chi connectivity index (χ0) is 27.3. The van der Waals surface area contributed by atoms with Gasteiger partial charge in [-0.2, -0.15) is 0 Å². The van der Waals surface area contributed by atoms with Crippen LogP contribution in [0.2, 0.25) is 0 Å². The van der Waals surface area contributed by atoms with E-state index in [9.17, 15) is 14.4 Å². The molecule has 0 N–H and O–H groups in total. The first kappa shape index (κ1) is 26.6. The predicted octanol–water partition coefficient (Wildman–Crippen LogP) is 5.23. The molecule has 7 rings (SSSR count). The minimum atomic E-state index is -0.780. The fourth-order valence-electron chi connectivity index (χ4n) is 8.08. The van der Waals surface area contributed by atoms with Crippen LogP contribution in [-0.2, 0) is 20.8 Å². The maximum atomic E-state index is 14.6. The van der Waals surface area contributed by atoms with Crippen molar-refractivity contribution in [3.05, 3.63) is 51.6 Å². The SMILES string of the molecule is COc1ccc(CCN(C(=O)C23CC4CC(CC(C4)C2)C3)C2CC(=O)N(c3ccc(I)cc3)C2=O)cc1OC. The van der Waals surface area contributed by atoms with E-state index < -0.39 is 11.5 Å². The summed E-state index contributed by atoms with van der Waals surface area (Å²) in [7, 11) is 3.21. The Balaban J connectivity index is 1.30. The molecule has 4 bridgehead atoms. The number of amides is 3. The van der Waals surface area contributed by atoms with Gasteiger partial charge in [0.25, 0.3) is 5.91 Å². The Morgan fingerprint density at radius 1 is 0.949 bits per heavy atom. The van der Waals surface area contributed by atoms with Crippen LogP contribution in [0.15, 0.2) is 42.5 Å². The van der Waals surface area contributed by atoms with Gasteiger partial charge < -0.3 is 14.4 Å². The van der Waals surface area contributed by atoms with Gasteiger partial charge in [0.2, 0.25) is 11.8 Å². The van der Waals surface area contributed by atoms with Gasteiger partial charge >= 0.3 is 0 Å². The van der Waals surface area contributed by atoms with E-state index in [1.165, 1.54) is 24.2 Å². The average Bonchev–Trinajstić information content (AvgIpc) is 3.21. The number of ether oxygens (including phenoxy) is 2. The summed E-state index contributed by atoms with van der Waals surface area (Å²) < 4.78 is 11.9. The Kier molecular flexibility index (Phi) is 7.10.